The zero-order valence-corrected chi connectivity index (χ0v) is 14.3. The fourth-order valence-electron chi connectivity index (χ4n) is 2.67. The van der Waals surface area contributed by atoms with Gasteiger partial charge < -0.3 is 15.0 Å². The molecule has 2 aromatic rings. The lowest BCUT2D eigenvalue weighted by atomic mass is 10.1. The van der Waals surface area contributed by atoms with E-state index in [9.17, 15) is 4.79 Å². The Labute approximate surface area is 146 Å². The number of rotatable bonds is 4. The van der Waals surface area contributed by atoms with E-state index in [1.54, 1.807) is 12.3 Å². The summed E-state index contributed by atoms with van der Waals surface area (Å²) in [6, 6.07) is 11.3. The number of benzene rings is 1. The molecule has 3 rings (SSSR count). The highest BCUT2D eigenvalue weighted by molar-refractivity contribution is 6.30. The molecule has 0 saturated carbocycles. The Morgan fingerprint density at radius 1 is 1.42 bits per heavy atom. The van der Waals surface area contributed by atoms with Crippen molar-refractivity contribution in [1.29, 1.82) is 0 Å². The summed E-state index contributed by atoms with van der Waals surface area (Å²) < 4.78 is 5.49. The van der Waals surface area contributed by atoms with Crippen molar-refractivity contribution in [2.45, 2.75) is 19.6 Å². The Morgan fingerprint density at radius 3 is 3.04 bits per heavy atom. The van der Waals surface area contributed by atoms with Crippen LogP contribution in [0.25, 0.3) is 0 Å². The first-order valence-corrected chi connectivity index (χ1v) is 8.35. The maximum Gasteiger partial charge on any atom is 0.254 e. The summed E-state index contributed by atoms with van der Waals surface area (Å²) in [4.78, 5) is 18.7. The van der Waals surface area contributed by atoms with E-state index in [1.807, 2.05) is 42.2 Å². The summed E-state index contributed by atoms with van der Waals surface area (Å²) in [6.45, 7) is 4.45. The Hall–Kier alpha value is -2.11. The first-order chi connectivity index (χ1) is 11.6. The number of anilines is 1. The maximum absolute atomic E-state index is 12.6. The number of amides is 1. The van der Waals surface area contributed by atoms with Gasteiger partial charge in [0.2, 0.25) is 0 Å². The molecule has 0 aliphatic carbocycles. The molecule has 24 heavy (non-hydrogen) atoms. The average molecular weight is 346 g/mol. The van der Waals surface area contributed by atoms with Crippen molar-refractivity contribution in [2.24, 2.45) is 0 Å². The molecule has 0 unspecified atom stereocenters. The highest BCUT2D eigenvalue weighted by atomic mass is 35.5. The number of aromatic nitrogens is 1. The molecule has 1 fully saturated rings. The number of pyridine rings is 1. The molecule has 1 aromatic carbocycles. The van der Waals surface area contributed by atoms with Crippen LogP contribution in [0.2, 0.25) is 5.02 Å². The van der Waals surface area contributed by atoms with Crippen molar-refractivity contribution in [3.8, 4) is 0 Å². The average Bonchev–Trinajstić information content (AvgIpc) is 2.61. The van der Waals surface area contributed by atoms with Gasteiger partial charge in [-0.25, -0.2) is 4.98 Å². The van der Waals surface area contributed by atoms with E-state index in [-0.39, 0.29) is 12.0 Å². The number of morpholine rings is 1. The van der Waals surface area contributed by atoms with E-state index in [0.717, 1.165) is 11.4 Å². The Kier molecular flexibility index (Phi) is 5.33. The van der Waals surface area contributed by atoms with Crippen LogP contribution in [0.1, 0.15) is 22.8 Å². The van der Waals surface area contributed by atoms with E-state index in [0.29, 0.717) is 36.8 Å². The van der Waals surface area contributed by atoms with Crippen LogP contribution in [0.4, 0.5) is 5.82 Å². The zero-order chi connectivity index (χ0) is 16.9. The number of carbonyl (C=O) groups is 1. The van der Waals surface area contributed by atoms with Crippen LogP contribution >= 0.6 is 11.6 Å². The van der Waals surface area contributed by atoms with Crippen LogP contribution in [0.15, 0.2) is 42.6 Å². The number of carbonyl (C=O) groups excluding carboxylic acids is 1. The summed E-state index contributed by atoms with van der Waals surface area (Å²) >= 11 is 5.83. The molecule has 1 atom stereocenters. The van der Waals surface area contributed by atoms with Gasteiger partial charge in [0.1, 0.15) is 5.82 Å². The second-order valence-electron chi connectivity index (χ2n) is 5.85. The summed E-state index contributed by atoms with van der Waals surface area (Å²) in [5, 5.41) is 3.83. The number of hydrogen-bond donors (Lipinski definition) is 1. The smallest absolute Gasteiger partial charge is 0.254 e. The predicted molar refractivity (Wildman–Crippen MR) is 94.3 cm³/mol. The van der Waals surface area contributed by atoms with Crippen molar-refractivity contribution in [2.75, 3.05) is 25.0 Å². The topological polar surface area (TPSA) is 54.5 Å². The highest BCUT2D eigenvalue weighted by Gasteiger charge is 2.22. The number of halogens is 1. The van der Waals surface area contributed by atoms with Crippen LogP contribution in [0.5, 0.6) is 0 Å². The van der Waals surface area contributed by atoms with Crippen molar-refractivity contribution in [1.82, 2.24) is 9.88 Å². The molecule has 126 valence electrons. The minimum Gasteiger partial charge on any atom is -0.375 e. The van der Waals surface area contributed by atoms with Crippen molar-refractivity contribution < 1.29 is 9.53 Å². The SMILES string of the molecule is C[C@@H]1CN(C(=O)c2cccc(CNc3ccc(Cl)cn3)c2)CCO1. The van der Waals surface area contributed by atoms with Crippen LogP contribution in [-0.2, 0) is 11.3 Å². The molecular formula is C18H20ClN3O2. The molecule has 0 spiro atoms. The van der Waals surface area contributed by atoms with Gasteiger partial charge in [0.15, 0.2) is 0 Å². The number of hydrogen-bond acceptors (Lipinski definition) is 4. The third-order valence-corrected chi connectivity index (χ3v) is 4.13. The van der Waals surface area contributed by atoms with Gasteiger partial charge >= 0.3 is 0 Å². The van der Waals surface area contributed by atoms with E-state index in [1.165, 1.54) is 0 Å². The van der Waals surface area contributed by atoms with Gasteiger partial charge in [0.25, 0.3) is 5.91 Å². The third kappa shape index (κ3) is 4.24. The first-order valence-electron chi connectivity index (χ1n) is 7.97. The summed E-state index contributed by atoms with van der Waals surface area (Å²) in [7, 11) is 0. The second kappa shape index (κ2) is 7.64. The van der Waals surface area contributed by atoms with Crippen molar-refractivity contribution in [3.63, 3.8) is 0 Å². The fraction of sp³-hybridized carbons (Fsp3) is 0.333. The van der Waals surface area contributed by atoms with Crippen LogP contribution < -0.4 is 5.32 Å². The van der Waals surface area contributed by atoms with E-state index in [2.05, 4.69) is 10.3 Å². The first kappa shape index (κ1) is 16.7. The molecule has 2 heterocycles. The zero-order valence-electron chi connectivity index (χ0n) is 13.5. The minimum absolute atomic E-state index is 0.0524. The summed E-state index contributed by atoms with van der Waals surface area (Å²) in [6.07, 6.45) is 1.69. The van der Waals surface area contributed by atoms with Gasteiger partial charge in [-0.05, 0) is 36.8 Å². The molecule has 1 aliphatic heterocycles. The van der Waals surface area contributed by atoms with Crippen LogP contribution in [-0.4, -0.2) is 41.6 Å². The Balaban J connectivity index is 1.65. The lowest BCUT2D eigenvalue weighted by Crippen LogP contribution is -2.44. The maximum atomic E-state index is 12.6. The number of ether oxygens (including phenoxy) is 1. The highest BCUT2D eigenvalue weighted by Crippen LogP contribution is 2.14. The fourth-order valence-corrected chi connectivity index (χ4v) is 2.78. The van der Waals surface area contributed by atoms with Gasteiger partial charge in [-0.3, -0.25) is 4.79 Å². The molecule has 1 saturated heterocycles. The van der Waals surface area contributed by atoms with E-state index >= 15 is 0 Å². The molecule has 6 heteroatoms. The van der Waals surface area contributed by atoms with Crippen molar-refractivity contribution in [3.05, 3.63) is 58.7 Å². The normalized spacial score (nSPS) is 17.6. The van der Waals surface area contributed by atoms with Gasteiger partial charge in [0, 0.05) is 31.4 Å². The monoisotopic (exact) mass is 345 g/mol. The second-order valence-corrected chi connectivity index (χ2v) is 6.28. The molecule has 5 nitrogen and oxygen atoms in total. The van der Waals surface area contributed by atoms with Gasteiger partial charge in [-0.1, -0.05) is 23.7 Å². The van der Waals surface area contributed by atoms with Gasteiger partial charge in [-0.2, -0.15) is 0 Å². The Morgan fingerprint density at radius 2 is 2.29 bits per heavy atom. The van der Waals surface area contributed by atoms with Crippen LogP contribution in [0, 0.1) is 0 Å². The van der Waals surface area contributed by atoms with E-state index in [4.69, 9.17) is 16.3 Å². The molecule has 1 aromatic heterocycles. The lowest BCUT2D eigenvalue weighted by Gasteiger charge is -2.31. The lowest BCUT2D eigenvalue weighted by molar-refractivity contribution is -0.0124. The van der Waals surface area contributed by atoms with Crippen molar-refractivity contribution >= 4 is 23.3 Å². The predicted octanol–water partition coefficient (Wildman–Crippen LogP) is 3.21. The molecule has 0 bridgehead atoms. The molecule has 1 amide bonds. The van der Waals surface area contributed by atoms with Gasteiger partial charge in [-0.15, -0.1) is 0 Å². The molecule has 1 aliphatic rings. The molecule has 1 N–H and O–H groups in total. The van der Waals surface area contributed by atoms with Crippen LogP contribution in [0.3, 0.4) is 0 Å². The quantitative estimate of drug-likeness (QED) is 0.924. The number of nitrogens with one attached hydrogen (secondary N) is 1. The summed E-state index contributed by atoms with van der Waals surface area (Å²) in [5.41, 5.74) is 1.73. The largest absolute Gasteiger partial charge is 0.375 e. The molecule has 0 radical (unpaired) electrons. The number of nitrogens with zero attached hydrogens (tertiary/aromatic N) is 2. The minimum atomic E-state index is 0.0524. The van der Waals surface area contributed by atoms with Gasteiger partial charge in [0.05, 0.1) is 17.7 Å². The third-order valence-electron chi connectivity index (χ3n) is 3.90. The summed E-state index contributed by atoms with van der Waals surface area (Å²) in [5.74, 6) is 0.801. The van der Waals surface area contributed by atoms with E-state index < -0.39 is 0 Å². The standard InChI is InChI=1S/C18H20ClN3O2/c1-13-12-22(7-8-24-13)18(23)15-4-2-3-14(9-15)10-20-17-6-5-16(19)11-21-17/h2-6,9,11,13H,7-8,10,12H2,1H3,(H,20,21)/t13-/m1/s1. The Bertz CT molecular complexity index is 706. The molecular weight excluding hydrogens is 326 g/mol.